The molecule has 0 saturated heterocycles. The Morgan fingerprint density at radius 1 is 0.864 bits per heavy atom. The third-order valence-electron chi connectivity index (χ3n) is 2.07. The van der Waals surface area contributed by atoms with Crippen LogP contribution in [0.1, 0.15) is 34.6 Å². The molecule has 0 fully saturated rings. The van der Waals surface area contributed by atoms with Crippen LogP contribution in [-0.4, -0.2) is 59.2 Å². The molecule has 0 saturated carbocycles. The van der Waals surface area contributed by atoms with Crippen molar-refractivity contribution in [2.45, 2.75) is 26.4 Å². The summed E-state index contributed by atoms with van der Waals surface area (Å²) < 4.78 is 8.61. The van der Waals surface area contributed by atoms with Gasteiger partial charge in [0.05, 0.1) is 11.1 Å². The molecule has 0 amide bonds. The summed E-state index contributed by atoms with van der Waals surface area (Å²) in [6.07, 6.45) is -1.23. The number of aliphatic hydroxyl groups excluding tert-OH is 2. The van der Waals surface area contributed by atoms with Crippen molar-refractivity contribution in [3.63, 3.8) is 0 Å². The Labute approximate surface area is 128 Å². The second-order valence-electron chi connectivity index (χ2n) is 3.83. The van der Waals surface area contributed by atoms with Gasteiger partial charge < -0.3 is 29.9 Å². The standard InChI is InChI=1S/C8H6O4.2C3H8O2/c9-7(10)5-3-1-2-4-6(5)8(11)12;2*1-3(4)5-2/h1-4H,(H,9,10)(H,11,12);2*3-4H,1-2H3. The topological polar surface area (TPSA) is 134 Å². The normalized spacial score (nSPS) is 11.9. The van der Waals surface area contributed by atoms with E-state index in [1.54, 1.807) is 13.8 Å². The Morgan fingerprint density at radius 3 is 1.23 bits per heavy atom. The van der Waals surface area contributed by atoms with Crippen molar-refractivity contribution in [3.8, 4) is 0 Å². The Hall–Kier alpha value is -2.00. The highest BCUT2D eigenvalue weighted by molar-refractivity contribution is 6.01. The maximum absolute atomic E-state index is 10.5. The second kappa shape index (κ2) is 12.7. The summed E-state index contributed by atoms with van der Waals surface area (Å²) in [5.74, 6) is -2.46. The van der Waals surface area contributed by atoms with Crippen molar-refractivity contribution >= 4 is 11.9 Å². The molecule has 2 atom stereocenters. The van der Waals surface area contributed by atoms with Crippen LogP contribution in [0.5, 0.6) is 0 Å². The number of carboxylic acid groups (broad SMARTS) is 2. The van der Waals surface area contributed by atoms with E-state index < -0.39 is 24.5 Å². The molecule has 1 aromatic carbocycles. The number of aliphatic hydroxyl groups is 2. The van der Waals surface area contributed by atoms with Crippen molar-refractivity contribution in [1.82, 2.24) is 0 Å². The number of ether oxygens (including phenoxy) is 2. The molecule has 0 heterocycles. The minimum Gasteiger partial charge on any atom is -0.478 e. The molecule has 0 aromatic heterocycles. The first-order chi connectivity index (χ1) is 10.2. The van der Waals surface area contributed by atoms with Crippen molar-refractivity contribution < 1.29 is 39.5 Å². The zero-order chi connectivity index (χ0) is 17.7. The van der Waals surface area contributed by atoms with Gasteiger partial charge in [-0.3, -0.25) is 0 Å². The number of hydrogen-bond donors (Lipinski definition) is 4. The lowest BCUT2D eigenvalue weighted by atomic mass is 10.1. The number of benzene rings is 1. The van der Waals surface area contributed by atoms with Gasteiger partial charge in [0.2, 0.25) is 0 Å². The summed E-state index contributed by atoms with van der Waals surface area (Å²) >= 11 is 0. The first kappa shape index (κ1) is 22.3. The Balaban J connectivity index is 0. The van der Waals surface area contributed by atoms with Crippen LogP contribution >= 0.6 is 0 Å². The van der Waals surface area contributed by atoms with Gasteiger partial charge in [-0.1, -0.05) is 12.1 Å². The van der Waals surface area contributed by atoms with E-state index in [0.717, 1.165) is 0 Å². The number of aromatic carboxylic acids is 2. The van der Waals surface area contributed by atoms with Gasteiger partial charge in [0.15, 0.2) is 12.6 Å². The van der Waals surface area contributed by atoms with E-state index >= 15 is 0 Å². The molecule has 126 valence electrons. The number of rotatable bonds is 4. The van der Waals surface area contributed by atoms with E-state index in [4.69, 9.17) is 20.4 Å². The molecule has 0 aliphatic carbocycles. The maximum Gasteiger partial charge on any atom is 0.336 e. The van der Waals surface area contributed by atoms with Crippen LogP contribution in [0.4, 0.5) is 0 Å². The molecule has 1 rings (SSSR count). The molecule has 0 spiro atoms. The summed E-state index contributed by atoms with van der Waals surface area (Å²) in [5.41, 5.74) is -0.380. The molecular weight excluding hydrogens is 296 g/mol. The fourth-order valence-corrected chi connectivity index (χ4v) is 0.856. The monoisotopic (exact) mass is 318 g/mol. The minimum absolute atomic E-state index is 0.190. The van der Waals surface area contributed by atoms with Gasteiger partial charge >= 0.3 is 11.9 Å². The largest absolute Gasteiger partial charge is 0.478 e. The van der Waals surface area contributed by atoms with Crippen LogP contribution in [0.25, 0.3) is 0 Å². The predicted octanol–water partition coefficient (Wildman–Crippen LogP) is 1.03. The molecule has 4 N–H and O–H groups in total. The van der Waals surface area contributed by atoms with Crippen LogP contribution in [0, 0.1) is 0 Å². The zero-order valence-electron chi connectivity index (χ0n) is 12.9. The first-order valence-electron chi connectivity index (χ1n) is 6.14. The fourth-order valence-electron chi connectivity index (χ4n) is 0.856. The van der Waals surface area contributed by atoms with Crippen LogP contribution in [0.2, 0.25) is 0 Å². The summed E-state index contributed by atoms with van der Waals surface area (Å²) in [7, 11) is 2.90. The van der Waals surface area contributed by atoms with Gasteiger partial charge in [0, 0.05) is 14.2 Å². The van der Waals surface area contributed by atoms with Gasteiger partial charge in [-0.25, -0.2) is 9.59 Å². The number of methoxy groups -OCH3 is 2. The molecule has 0 bridgehead atoms. The van der Waals surface area contributed by atoms with Gasteiger partial charge in [-0.05, 0) is 26.0 Å². The summed E-state index contributed by atoms with van der Waals surface area (Å²) in [5, 5.41) is 33.4. The highest BCUT2D eigenvalue weighted by atomic mass is 16.6. The van der Waals surface area contributed by atoms with Crippen molar-refractivity contribution in [3.05, 3.63) is 35.4 Å². The van der Waals surface area contributed by atoms with E-state index in [-0.39, 0.29) is 11.1 Å². The minimum atomic E-state index is -1.23. The smallest absolute Gasteiger partial charge is 0.336 e. The first-order valence-corrected chi connectivity index (χ1v) is 6.14. The van der Waals surface area contributed by atoms with Crippen molar-refractivity contribution in [2.24, 2.45) is 0 Å². The van der Waals surface area contributed by atoms with Gasteiger partial charge in [0.1, 0.15) is 0 Å². The number of carbonyl (C=O) groups is 2. The molecule has 2 unspecified atom stereocenters. The quantitative estimate of drug-likeness (QED) is 0.605. The lowest BCUT2D eigenvalue weighted by molar-refractivity contribution is -0.0588. The van der Waals surface area contributed by atoms with E-state index in [2.05, 4.69) is 9.47 Å². The Kier molecular flexibility index (Phi) is 12.9. The fraction of sp³-hybridized carbons (Fsp3) is 0.429. The third-order valence-corrected chi connectivity index (χ3v) is 2.07. The molecular formula is C14H22O8. The van der Waals surface area contributed by atoms with Crippen LogP contribution in [-0.2, 0) is 9.47 Å². The summed E-state index contributed by atoms with van der Waals surface area (Å²) in [4.78, 5) is 20.9. The van der Waals surface area contributed by atoms with E-state index in [9.17, 15) is 9.59 Å². The highest BCUT2D eigenvalue weighted by Crippen LogP contribution is 2.07. The van der Waals surface area contributed by atoms with Crippen LogP contribution in [0.15, 0.2) is 24.3 Å². The molecule has 0 aliphatic heterocycles. The van der Waals surface area contributed by atoms with Crippen molar-refractivity contribution in [1.29, 1.82) is 0 Å². The maximum atomic E-state index is 10.5. The lowest BCUT2D eigenvalue weighted by Gasteiger charge is -1.98. The number of hydrogen-bond acceptors (Lipinski definition) is 6. The highest BCUT2D eigenvalue weighted by Gasteiger charge is 2.13. The second-order valence-corrected chi connectivity index (χ2v) is 3.83. The summed E-state index contributed by atoms with van der Waals surface area (Å²) in [6, 6.07) is 5.48. The van der Waals surface area contributed by atoms with E-state index in [1.807, 2.05) is 0 Å². The third kappa shape index (κ3) is 11.8. The average molecular weight is 318 g/mol. The Bertz CT molecular complexity index is 401. The number of carboxylic acids is 2. The zero-order valence-corrected chi connectivity index (χ0v) is 12.9. The van der Waals surface area contributed by atoms with Gasteiger partial charge in [-0.2, -0.15) is 0 Å². The van der Waals surface area contributed by atoms with E-state index in [0.29, 0.717) is 0 Å². The molecule has 0 aliphatic rings. The SMILES string of the molecule is COC(C)O.COC(C)O.O=C(O)c1ccccc1C(=O)O. The van der Waals surface area contributed by atoms with Crippen LogP contribution < -0.4 is 0 Å². The van der Waals surface area contributed by atoms with E-state index in [1.165, 1.54) is 38.5 Å². The predicted molar refractivity (Wildman–Crippen MR) is 77.7 cm³/mol. The summed E-state index contributed by atoms with van der Waals surface area (Å²) in [6.45, 7) is 3.11. The average Bonchev–Trinajstić information content (AvgIpc) is 2.48. The molecule has 8 nitrogen and oxygen atoms in total. The molecule has 22 heavy (non-hydrogen) atoms. The van der Waals surface area contributed by atoms with Gasteiger partial charge in [-0.15, -0.1) is 0 Å². The van der Waals surface area contributed by atoms with Crippen LogP contribution in [0.3, 0.4) is 0 Å². The Morgan fingerprint density at radius 2 is 1.09 bits per heavy atom. The molecule has 8 heteroatoms. The van der Waals surface area contributed by atoms with Gasteiger partial charge in [0.25, 0.3) is 0 Å². The molecule has 0 radical (unpaired) electrons. The molecule has 1 aromatic rings. The van der Waals surface area contributed by atoms with Crippen molar-refractivity contribution in [2.75, 3.05) is 14.2 Å². The lowest BCUT2D eigenvalue weighted by Crippen LogP contribution is -2.06.